The van der Waals surface area contributed by atoms with E-state index in [1.165, 1.54) is 5.56 Å². The first-order chi connectivity index (χ1) is 11.6. The molecule has 2 fully saturated rings. The molecular weight excluding hydrogens is 298 g/mol. The number of nitrogens with zero attached hydrogens (tertiary/aromatic N) is 3. The molecule has 3 rings (SSSR count). The van der Waals surface area contributed by atoms with Crippen LogP contribution in [0.3, 0.4) is 0 Å². The summed E-state index contributed by atoms with van der Waals surface area (Å²) in [5, 5.41) is 0. The van der Waals surface area contributed by atoms with Crippen molar-refractivity contribution in [2.75, 3.05) is 52.9 Å². The van der Waals surface area contributed by atoms with Crippen molar-refractivity contribution in [1.29, 1.82) is 0 Å². The molecule has 1 aromatic carbocycles. The molecule has 4 nitrogen and oxygen atoms in total. The van der Waals surface area contributed by atoms with Crippen LogP contribution in [-0.4, -0.2) is 73.5 Å². The maximum absolute atomic E-state index is 12.3. The van der Waals surface area contributed by atoms with Crippen molar-refractivity contribution in [3.8, 4) is 0 Å². The molecule has 132 valence electrons. The van der Waals surface area contributed by atoms with Crippen LogP contribution < -0.4 is 0 Å². The average Bonchev–Trinajstić information content (AvgIpc) is 2.61. The Morgan fingerprint density at radius 2 is 1.75 bits per heavy atom. The van der Waals surface area contributed by atoms with Gasteiger partial charge in [0.1, 0.15) is 0 Å². The van der Waals surface area contributed by atoms with Crippen molar-refractivity contribution in [3.63, 3.8) is 0 Å². The van der Waals surface area contributed by atoms with E-state index in [9.17, 15) is 4.79 Å². The fourth-order valence-electron chi connectivity index (χ4n) is 3.97. The number of rotatable bonds is 5. The van der Waals surface area contributed by atoms with E-state index in [0.29, 0.717) is 12.3 Å². The largest absolute Gasteiger partial charge is 0.342 e. The van der Waals surface area contributed by atoms with Crippen LogP contribution in [0, 0.1) is 0 Å². The lowest BCUT2D eigenvalue weighted by atomic mass is 9.75. The molecule has 1 atom stereocenters. The highest BCUT2D eigenvalue weighted by molar-refractivity contribution is 5.77. The molecular formula is C20H31N3O. The third kappa shape index (κ3) is 4.17. The van der Waals surface area contributed by atoms with Gasteiger partial charge in [0.05, 0.1) is 0 Å². The van der Waals surface area contributed by atoms with Gasteiger partial charge in [0.15, 0.2) is 0 Å². The molecule has 1 amide bonds. The van der Waals surface area contributed by atoms with E-state index in [0.717, 1.165) is 58.7 Å². The second-order valence-corrected chi connectivity index (χ2v) is 7.74. The fraction of sp³-hybridized carbons (Fsp3) is 0.650. The third-order valence-electron chi connectivity index (χ3n) is 5.75. The van der Waals surface area contributed by atoms with Crippen LogP contribution in [0.25, 0.3) is 0 Å². The van der Waals surface area contributed by atoms with Crippen LogP contribution in [0.15, 0.2) is 30.3 Å². The SMILES string of the molecule is CN1CCN(CCCN2CC(C)(c3ccccc3)CCC2=O)CC1. The number of hydrogen-bond acceptors (Lipinski definition) is 3. The molecule has 0 aliphatic carbocycles. The molecule has 2 saturated heterocycles. The number of carbonyl (C=O) groups is 1. The van der Waals surface area contributed by atoms with Gasteiger partial charge < -0.3 is 14.7 Å². The summed E-state index contributed by atoms with van der Waals surface area (Å²) in [5.41, 5.74) is 1.46. The smallest absolute Gasteiger partial charge is 0.222 e. The number of amides is 1. The van der Waals surface area contributed by atoms with Crippen molar-refractivity contribution in [3.05, 3.63) is 35.9 Å². The quantitative estimate of drug-likeness (QED) is 0.829. The number of carbonyl (C=O) groups excluding carboxylic acids is 1. The lowest BCUT2D eigenvalue weighted by Crippen LogP contribution is -2.49. The molecule has 24 heavy (non-hydrogen) atoms. The second-order valence-electron chi connectivity index (χ2n) is 7.74. The zero-order valence-corrected chi connectivity index (χ0v) is 15.2. The number of piperidine rings is 1. The van der Waals surface area contributed by atoms with Gasteiger partial charge in [0, 0.05) is 51.1 Å². The zero-order chi connectivity index (χ0) is 17.0. The van der Waals surface area contributed by atoms with E-state index in [1.54, 1.807) is 0 Å². The van der Waals surface area contributed by atoms with Crippen LogP contribution in [0.1, 0.15) is 31.7 Å². The first kappa shape index (κ1) is 17.4. The first-order valence-corrected chi connectivity index (χ1v) is 9.31. The summed E-state index contributed by atoms with van der Waals surface area (Å²) >= 11 is 0. The molecule has 2 aliphatic rings. The highest BCUT2D eigenvalue weighted by atomic mass is 16.2. The molecule has 4 heteroatoms. The van der Waals surface area contributed by atoms with E-state index in [4.69, 9.17) is 0 Å². The number of hydrogen-bond donors (Lipinski definition) is 0. The molecule has 0 bridgehead atoms. The molecule has 0 N–H and O–H groups in total. The van der Waals surface area contributed by atoms with Crippen molar-refractivity contribution < 1.29 is 4.79 Å². The summed E-state index contributed by atoms with van der Waals surface area (Å²) in [6, 6.07) is 10.7. The van der Waals surface area contributed by atoms with Crippen molar-refractivity contribution in [2.24, 2.45) is 0 Å². The maximum Gasteiger partial charge on any atom is 0.222 e. The van der Waals surface area contributed by atoms with E-state index >= 15 is 0 Å². The van der Waals surface area contributed by atoms with Crippen molar-refractivity contribution >= 4 is 5.91 Å². The number of likely N-dealkylation sites (N-methyl/N-ethyl adjacent to an activating group) is 1. The van der Waals surface area contributed by atoms with Crippen LogP contribution >= 0.6 is 0 Å². The topological polar surface area (TPSA) is 26.8 Å². The van der Waals surface area contributed by atoms with Gasteiger partial charge in [0.2, 0.25) is 5.91 Å². The summed E-state index contributed by atoms with van der Waals surface area (Å²) in [7, 11) is 2.19. The molecule has 0 aromatic heterocycles. The zero-order valence-electron chi connectivity index (χ0n) is 15.2. The number of likely N-dealkylation sites (tertiary alicyclic amines) is 1. The Morgan fingerprint density at radius 1 is 1.04 bits per heavy atom. The van der Waals surface area contributed by atoms with Gasteiger partial charge in [-0.2, -0.15) is 0 Å². The fourth-order valence-corrected chi connectivity index (χ4v) is 3.97. The van der Waals surface area contributed by atoms with Crippen LogP contribution in [-0.2, 0) is 10.2 Å². The summed E-state index contributed by atoms with van der Waals surface area (Å²) in [5.74, 6) is 0.335. The van der Waals surface area contributed by atoms with Gasteiger partial charge in [0.25, 0.3) is 0 Å². The summed E-state index contributed by atoms with van der Waals surface area (Å²) in [4.78, 5) is 19.4. The van der Waals surface area contributed by atoms with E-state index in [-0.39, 0.29) is 5.41 Å². The Balaban J connectivity index is 1.52. The number of piperazine rings is 1. The third-order valence-corrected chi connectivity index (χ3v) is 5.75. The first-order valence-electron chi connectivity index (χ1n) is 9.31. The Kier molecular flexibility index (Phi) is 5.57. The van der Waals surface area contributed by atoms with Crippen molar-refractivity contribution in [1.82, 2.24) is 14.7 Å². The minimum absolute atomic E-state index is 0.100. The monoisotopic (exact) mass is 329 g/mol. The summed E-state index contributed by atoms with van der Waals surface area (Å²) in [6.45, 7) is 9.82. The summed E-state index contributed by atoms with van der Waals surface area (Å²) < 4.78 is 0. The standard InChI is InChI=1S/C20H31N3O/c1-20(18-7-4-3-5-8-18)10-9-19(24)23(17-20)12-6-11-22-15-13-21(2)14-16-22/h3-5,7-8H,6,9-17H2,1-2H3. The van der Waals surface area contributed by atoms with Gasteiger partial charge in [-0.15, -0.1) is 0 Å². The van der Waals surface area contributed by atoms with Gasteiger partial charge in [-0.25, -0.2) is 0 Å². The lowest BCUT2D eigenvalue weighted by molar-refractivity contribution is -0.135. The van der Waals surface area contributed by atoms with Crippen LogP contribution in [0.4, 0.5) is 0 Å². The van der Waals surface area contributed by atoms with E-state index in [1.807, 2.05) is 0 Å². The van der Waals surface area contributed by atoms with Gasteiger partial charge in [-0.05, 0) is 32.0 Å². The van der Waals surface area contributed by atoms with Gasteiger partial charge >= 0.3 is 0 Å². The molecule has 1 aromatic rings. The molecule has 2 aliphatic heterocycles. The Hall–Kier alpha value is -1.39. The van der Waals surface area contributed by atoms with Crippen molar-refractivity contribution in [2.45, 2.75) is 31.6 Å². The Labute approximate surface area is 146 Å². The Morgan fingerprint density at radius 3 is 2.46 bits per heavy atom. The van der Waals surface area contributed by atoms with Gasteiger partial charge in [-0.3, -0.25) is 4.79 Å². The van der Waals surface area contributed by atoms with E-state index < -0.39 is 0 Å². The predicted molar refractivity (Wildman–Crippen MR) is 98.2 cm³/mol. The highest BCUT2D eigenvalue weighted by Gasteiger charge is 2.35. The van der Waals surface area contributed by atoms with Crippen LogP contribution in [0.2, 0.25) is 0 Å². The second kappa shape index (κ2) is 7.66. The maximum atomic E-state index is 12.3. The highest BCUT2D eigenvalue weighted by Crippen LogP contribution is 2.34. The molecule has 0 spiro atoms. The summed E-state index contributed by atoms with van der Waals surface area (Å²) in [6.07, 6.45) is 2.73. The minimum Gasteiger partial charge on any atom is -0.342 e. The lowest BCUT2D eigenvalue weighted by Gasteiger charge is -2.41. The molecule has 2 heterocycles. The van der Waals surface area contributed by atoms with E-state index in [2.05, 4.69) is 59.0 Å². The van der Waals surface area contributed by atoms with Crippen LogP contribution in [0.5, 0.6) is 0 Å². The van der Waals surface area contributed by atoms with Gasteiger partial charge in [-0.1, -0.05) is 37.3 Å². The minimum atomic E-state index is 0.100. The Bertz CT molecular complexity index is 539. The molecule has 0 radical (unpaired) electrons. The predicted octanol–water partition coefficient (Wildman–Crippen LogP) is 2.20. The molecule has 1 unspecified atom stereocenters. The normalized spacial score (nSPS) is 26.8. The number of benzene rings is 1. The molecule has 0 saturated carbocycles. The average molecular weight is 329 g/mol.